The Labute approximate surface area is 164 Å². The van der Waals surface area contributed by atoms with Crippen LogP contribution in [0.1, 0.15) is 51.4 Å². The van der Waals surface area contributed by atoms with Crippen molar-refractivity contribution in [1.82, 2.24) is 10.6 Å². The fraction of sp³-hybridized carbons (Fsp3) is 0.765. The van der Waals surface area contributed by atoms with E-state index in [1.54, 1.807) is 0 Å². The average Bonchev–Trinajstić information content (AvgIpc) is 2.63. The molecule has 0 bridgehead atoms. The molecule has 0 aromatic rings. The summed E-state index contributed by atoms with van der Waals surface area (Å²) < 4.78 is 0. The Morgan fingerprint density at radius 3 is 1.79 bits per heavy atom. The number of carboxylic acids is 2. The number of hydrogen-bond acceptors (Lipinski definition) is 7. The van der Waals surface area contributed by atoms with Crippen LogP contribution in [0, 0.1) is 0 Å². The lowest BCUT2D eigenvalue weighted by molar-refractivity contribution is -0.143. The lowest BCUT2D eigenvalue weighted by atomic mass is 10.1. The van der Waals surface area contributed by atoms with Crippen LogP contribution in [0.25, 0.3) is 0 Å². The first-order valence-electron chi connectivity index (χ1n) is 9.44. The third-order valence-electron chi connectivity index (χ3n) is 4.15. The zero-order valence-electron chi connectivity index (χ0n) is 16.1. The van der Waals surface area contributed by atoms with Crippen molar-refractivity contribution in [2.24, 2.45) is 17.2 Å². The average molecular weight is 403 g/mol. The highest BCUT2D eigenvalue weighted by molar-refractivity contribution is 5.92. The fourth-order valence-corrected chi connectivity index (χ4v) is 2.48. The van der Waals surface area contributed by atoms with Crippen molar-refractivity contribution in [2.45, 2.75) is 69.5 Å². The van der Waals surface area contributed by atoms with Gasteiger partial charge in [0, 0.05) is 6.42 Å². The minimum Gasteiger partial charge on any atom is -0.481 e. The maximum absolute atomic E-state index is 12.5. The lowest BCUT2D eigenvalue weighted by Crippen LogP contribution is -2.54. The maximum Gasteiger partial charge on any atom is 0.326 e. The van der Waals surface area contributed by atoms with Crippen LogP contribution in [0.5, 0.6) is 0 Å². The Hall–Kier alpha value is -2.24. The van der Waals surface area contributed by atoms with E-state index in [2.05, 4.69) is 10.6 Å². The van der Waals surface area contributed by atoms with Crippen LogP contribution < -0.4 is 27.8 Å². The number of unbranched alkanes of at least 4 members (excludes halogenated alkanes) is 2. The van der Waals surface area contributed by atoms with Gasteiger partial charge in [0.1, 0.15) is 12.1 Å². The van der Waals surface area contributed by atoms with Gasteiger partial charge in [-0.2, -0.15) is 0 Å². The van der Waals surface area contributed by atoms with Crippen molar-refractivity contribution in [2.75, 3.05) is 13.1 Å². The van der Waals surface area contributed by atoms with Gasteiger partial charge in [0.15, 0.2) is 0 Å². The molecule has 0 aliphatic carbocycles. The molecule has 11 nitrogen and oxygen atoms in total. The molecular weight excluding hydrogens is 370 g/mol. The Bertz CT molecular complexity index is 516. The van der Waals surface area contributed by atoms with Crippen LogP contribution >= 0.6 is 0 Å². The fourth-order valence-electron chi connectivity index (χ4n) is 2.48. The molecule has 10 N–H and O–H groups in total. The van der Waals surface area contributed by atoms with Gasteiger partial charge in [-0.05, 0) is 51.6 Å². The topological polar surface area (TPSA) is 211 Å². The first kappa shape index (κ1) is 25.8. The van der Waals surface area contributed by atoms with E-state index in [9.17, 15) is 24.3 Å². The monoisotopic (exact) mass is 403 g/mol. The van der Waals surface area contributed by atoms with Gasteiger partial charge in [-0.1, -0.05) is 6.42 Å². The molecule has 0 heterocycles. The van der Waals surface area contributed by atoms with Crippen molar-refractivity contribution < 1.29 is 29.4 Å². The first-order valence-corrected chi connectivity index (χ1v) is 9.44. The van der Waals surface area contributed by atoms with Crippen molar-refractivity contribution in [3.05, 3.63) is 0 Å². The van der Waals surface area contributed by atoms with Gasteiger partial charge in [0.25, 0.3) is 0 Å². The summed E-state index contributed by atoms with van der Waals surface area (Å²) in [5, 5.41) is 22.9. The molecule has 0 saturated heterocycles. The molecule has 0 aliphatic rings. The van der Waals surface area contributed by atoms with Gasteiger partial charge in [0.05, 0.1) is 6.04 Å². The molecule has 11 heteroatoms. The summed E-state index contributed by atoms with van der Waals surface area (Å²) in [7, 11) is 0. The number of carboxylic acid groups (broad SMARTS) is 2. The summed E-state index contributed by atoms with van der Waals surface area (Å²) in [4.78, 5) is 46.8. The second kappa shape index (κ2) is 14.8. The van der Waals surface area contributed by atoms with Gasteiger partial charge in [-0.15, -0.1) is 0 Å². The molecule has 0 spiro atoms. The highest BCUT2D eigenvalue weighted by atomic mass is 16.4. The molecule has 0 aliphatic heterocycles. The van der Waals surface area contributed by atoms with Crippen LogP contribution in [0.4, 0.5) is 0 Å². The van der Waals surface area contributed by atoms with E-state index in [-0.39, 0.29) is 19.3 Å². The maximum atomic E-state index is 12.5. The highest BCUT2D eigenvalue weighted by Crippen LogP contribution is 2.05. The normalized spacial score (nSPS) is 14.0. The first-order chi connectivity index (χ1) is 13.2. The predicted octanol–water partition coefficient (Wildman–Crippen LogP) is -1.51. The second-order valence-corrected chi connectivity index (χ2v) is 6.57. The minimum absolute atomic E-state index is 0.177. The van der Waals surface area contributed by atoms with Gasteiger partial charge >= 0.3 is 11.9 Å². The molecule has 2 amide bonds. The minimum atomic E-state index is -1.22. The smallest absolute Gasteiger partial charge is 0.326 e. The van der Waals surface area contributed by atoms with Crippen molar-refractivity contribution in [3.8, 4) is 0 Å². The SMILES string of the molecule is NCCCC[C@H](NC(=O)[C@@H](CCC(=O)O)NC(=O)[C@@H](N)CCCCN)C(=O)O. The number of hydrogen-bond donors (Lipinski definition) is 7. The largest absolute Gasteiger partial charge is 0.481 e. The third kappa shape index (κ3) is 11.5. The highest BCUT2D eigenvalue weighted by Gasteiger charge is 2.28. The summed E-state index contributed by atoms with van der Waals surface area (Å²) in [6.07, 6.45) is 2.45. The number of nitrogens with two attached hydrogens (primary N) is 3. The molecule has 0 unspecified atom stereocenters. The van der Waals surface area contributed by atoms with Gasteiger partial charge in [-0.25, -0.2) is 4.79 Å². The molecule has 0 radical (unpaired) electrons. The zero-order chi connectivity index (χ0) is 21.5. The molecule has 0 aromatic heterocycles. The van der Waals surface area contributed by atoms with Crippen LogP contribution in [0.2, 0.25) is 0 Å². The Morgan fingerprint density at radius 2 is 1.29 bits per heavy atom. The van der Waals surface area contributed by atoms with Crippen LogP contribution in [-0.2, 0) is 19.2 Å². The van der Waals surface area contributed by atoms with E-state index in [4.69, 9.17) is 22.3 Å². The summed E-state index contributed by atoms with van der Waals surface area (Å²) in [6, 6.07) is -3.21. The Kier molecular flexibility index (Phi) is 13.6. The number of aliphatic carboxylic acids is 2. The number of nitrogens with one attached hydrogen (secondary N) is 2. The quantitative estimate of drug-likeness (QED) is 0.149. The summed E-state index contributed by atoms with van der Waals surface area (Å²) in [5.74, 6) is -3.72. The molecule has 0 fully saturated rings. The van der Waals surface area contributed by atoms with Crippen LogP contribution in [-0.4, -0.2) is 65.2 Å². The predicted molar refractivity (Wildman–Crippen MR) is 102 cm³/mol. The zero-order valence-corrected chi connectivity index (χ0v) is 16.1. The Balaban J connectivity index is 4.94. The summed E-state index contributed by atoms with van der Waals surface area (Å²) in [5.41, 5.74) is 16.6. The van der Waals surface area contributed by atoms with E-state index >= 15 is 0 Å². The van der Waals surface area contributed by atoms with E-state index < -0.39 is 41.9 Å². The lowest BCUT2D eigenvalue weighted by Gasteiger charge is -2.22. The van der Waals surface area contributed by atoms with Crippen molar-refractivity contribution in [1.29, 1.82) is 0 Å². The summed E-state index contributed by atoms with van der Waals surface area (Å²) in [6.45, 7) is 0.873. The Morgan fingerprint density at radius 1 is 0.750 bits per heavy atom. The number of carbonyl (C=O) groups is 4. The number of rotatable bonds is 16. The van der Waals surface area contributed by atoms with Crippen molar-refractivity contribution >= 4 is 23.8 Å². The number of carbonyl (C=O) groups excluding carboxylic acids is 2. The van der Waals surface area contributed by atoms with Crippen LogP contribution in [0.15, 0.2) is 0 Å². The van der Waals surface area contributed by atoms with E-state index in [1.807, 2.05) is 0 Å². The number of amides is 2. The molecule has 0 aromatic carbocycles. The third-order valence-corrected chi connectivity index (χ3v) is 4.15. The van der Waals surface area contributed by atoms with Gasteiger partial charge in [-0.3, -0.25) is 14.4 Å². The van der Waals surface area contributed by atoms with Gasteiger partial charge in [0.2, 0.25) is 11.8 Å². The second-order valence-electron chi connectivity index (χ2n) is 6.57. The van der Waals surface area contributed by atoms with E-state index in [1.165, 1.54) is 0 Å². The molecule has 3 atom stereocenters. The summed E-state index contributed by atoms with van der Waals surface area (Å²) >= 11 is 0. The van der Waals surface area contributed by atoms with Crippen LogP contribution in [0.3, 0.4) is 0 Å². The molecule has 0 rings (SSSR count). The molecule has 162 valence electrons. The standard InChI is InChI=1S/C17H33N5O6/c18-9-3-1-5-11(20)15(25)21-12(7-8-14(23)24)16(26)22-13(17(27)28)6-2-4-10-19/h11-13H,1-10,18-20H2,(H,21,25)(H,22,26)(H,23,24)(H,27,28)/t11-,12+,13-/m0/s1. The molecule has 0 saturated carbocycles. The molecular formula is C17H33N5O6. The van der Waals surface area contributed by atoms with Crippen molar-refractivity contribution in [3.63, 3.8) is 0 Å². The van der Waals surface area contributed by atoms with Gasteiger partial charge < -0.3 is 38.0 Å². The molecule has 28 heavy (non-hydrogen) atoms. The van der Waals surface area contributed by atoms with E-state index in [0.717, 1.165) is 0 Å². The van der Waals surface area contributed by atoms with E-state index in [0.29, 0.717) is 45.2 Å².